The van der Waals surface area contributed by atoms with Gasteiger partial charge in [0.05, 0.1) is 18.6 Å². The number of anilines is 1. The molecule has 0 saturated carbocycles. The first kappa shape index (κ1) is 16.4. The first-order chi connectivity index (χ1) is 10.5. The Morgan fingerprint density at radius 1 is 1.55 bits per heavy atom. The topological polar surface area (TPSA) is 69.6 Å². The van der Waals surface area contributed by atoms with Gasteiger partial charge in [-0.25, -0.2) is 4.39 Å². The molecule has 2 atom stereocenters. The van der Waals surface area contributed by atoms with Crippen molar-refractivity contribution in [1.29, 1.82) is 0 Å². The van der Waals surface area contributed by atoms with E-state index in [4.69, 9.17) is 5.11 Å². The molecule has 1 aliphatic heterocycles. The van der Waals surface area contributed by atoms with Crippen LogP contribution in [0.15, 0.2) is 18.2 Å². The van der Waals surface area contributed by atoms with Crippen molar-refractivity contribution in [2.45, 2.75) is 32.7 Å². The minimum absolute atomic E-state index is 0.121. The Labute approximate surface area is 129 Å². The first-order valence-electron chi connectivity index (χ1n) is 7.44. The molecule has 1 aliphatic rings. The molecule has 0 radical (unpaired) electrons. The molecule has 1 aromatic rings. The maximum atomic E-state index is 13.3. The second kappa shape index (κ2) is 6.87. The summed E-state index contributed by atoms with van der Waals surface area (Å²) in [4.78, 5) is 25.8. The number of hydrogen-bond acceptors (Lipinski definition) is 3. The van der Waals surface area contributed by atoms with Crippen LogP contribution in [0, 0.1) is 18.7 Å². The Morgan fingerprint density at radius 3 is 2.86 bits per heavy atom. The number of hydrogen-bond donors (Lipinski definition) is 2. The highest BCUT2D eigenvalue weighted by Crippen LogP contribution is 2.26. The van der Waals surface area contributed by atoms with E-state index in [1.165, 1.54) is 11.0 Å². The van der Waals surface area contributed by atoms with E-state index in [0.29, 0.717) is 17.7 Å². The van der Waals surface area contributed by atoms with Crippen molar-refractivity contribution >= 4 is 17.5 Å². The van der Waals surface area contributed by atoms with Crippen LogP contribution in [0.4, 0.5) is 10.1 Å². The zero-order valence-electron chi connectivity index (χ0n) is 12.8. The van der Waals surface area contributed by atoms with Gasteiger partial charge in [-0.2, -0.15) is 0 Å². The number of aryl methyl sites for hydroxylation is 1. The molecule has 1 aromatic carbocycles. The summed E-state index contributed by atoms with van der Waals surface area (Å²) < 4.78 is 13.3. The van der Waals surface area contributed by atoms with Gasteiger partial charge in [-0.05, 0) is 37.1 Å². The van der Waals surface area contributed by atoms with Crippen LogP contribution in [0.1, 0.15) is 25.3 Å². The number of nitrogens with zero attached hydrogens (tertiary/aromatic N) is 1. The monoisotopic (exact) mass is 308 g/mol. The van der Waals surface area contributed by atoms with E-state index in [-0.39, 0.29) is 43.2 Å². The number of nitrogens with one attached hydrogen (secondary N) is 1. The molecule has 0 aromatic heterocycles. The Hall–Kier alpha value is -1.95. The number of halogens is 1. The predicted molar refractivity (Wildman–Crippen MR) is 80.9 cm³/mol. The van der Waals surface area contributed by atoms with E-state index in [2.05, 4.69) is 5.32 Å². The lowest BCUT2D eigenvalue weighted by Gasteiger charge is -2.19. The second-order valence-corrected chi connectivity index (χ2v) is 5.64. The molecule has 2 rings (SSSR count). The summed E-state index contributed by atoms with van der Waals surface area (Å²) in [6, 6.07) is 4.19. The number of rotatable bonds is 5. The fraction of sp³-hybridized carbons (Fsp3) is 0.500. The van der Waals surface area contributed by atoms with Gasteiger partial charge in [0.15, 0.2) is 0 Å². The number of carbonyl (C=O) groups excluding carboxylic acids is 2. The van der Waals surface area contributed by atoms with Crippen LogP contribution in [-0.4, -0.2) is 36.1 Å². The quantitative estimate of drug-likeness (QED) is 0.863. The first-order valence-corrected chi connectivity index (χ1v) is 7.44. The van der Waals surface area contributed by atoms with Gasteiger partial charge in [0, 0.05) is 18.7 Å². The highest BCUT2D eigenvalue weighted by Gasteiger charge is 2.35. The van der Waals surface area contributed by atoms with E-state index in [9.17, 15) is 14.0 Å². The van der Waals surface area contributed by atoms with Crippen LogP contribution in [0.2, 0.25) is 0 Å². The molecule has 0 bridgehead atoms. The molecule has 120 valence electrons. The van der Waals surface area contributed by atoms with Gasteiger partial charge >= 0.3 is 0 Å². The van der Waals surface area contributed by atoms with Crippen LogP contribution in [-0.2, 0) is 9.59 Å². The third-order valence-electron chi connectivity index (χ3n) is 4.01. The van der Waals surface area contributed by atoms with Gasteiger partial charge in [0.1, 0.15) is 5.82 Å². The van der Waals surface area contributed by atoms with Gasteiger partial charge in [-0.1, -0.05) is 6.92 Å². The summed E-state index contributed by atoms with van der Waals surface area (Å²) in [5.74, 6) is -1.14. The Kier molecular flexibility index (Phi) is 5.13. The molecular formula is C16H21FN2O3. The van der Waals surface area contributed by atoms with Gasteiger partial charge < -0.3 is 15.3 Å². The average molecular weight is 308 g/mol. The van der Waals surface area contributed by atoms with Gasteiger partial charge in [-0.15, -0.1) is 0 Å². The van der Waals surface area contributed by atoms with E-state index >= 15 is 0 Å². The molecule has 2 amide bonds. The molecule has 5 nitrogen and oxygen atoms in total. The van der Waals surface area contributed by atoms with Crippen molar-refractivity contribution in [1.82, 2.24) is 5.32 Å². The fourth-order valence-corrected chi connectivity index (χ4v) is 2.53. The molecule has 1 heterocycles. The van der Waals surface area contributed by atoms with Crippen molar-refractivity contribution in [2.24, 2.45) is 5.92 Å². The minimum atomic E-state index is -0.446. The molecule has 22 heavy (non-hydrogen) atoms. The number of amides is 2. The van der Waals surface area contributed by atoms with Crippen molar-refractivity contribution in [2.75, 3.05) is 18.1 Å². The molecule has 6 heteroatoms. The molecule has 0 aliphatic carbocycles. The Balaban J connectivity index is 2.07. The van der Waals surface area contributed by atoms with Crippen LogP contribution in [0.5, 0.6) is 0 Å². The third-order valence-corrected chi connectivity index (χ3v) is 4.01. The smallest absolute Gasteiger partial charge is 0.227 e. The molecule has 0 unspecified atom stereocenters. The van der Waals surface area contributed by atoms with Crippen LogP contribution in [0.3, 0.4) is 0 Å². The lowest BCUT2D eigenvalue weighted by Crippen LogP contribution is -2.41. The lowest BCUT2D eigenvalue weighted by molar-refractivity contribution is -0.127. The van der Waals surface area contributed by atoms with Crippen molar-refractivity contribution in [3.05, 3.63) is 29.6 Å². The number of benzene rings is 1. The number of aliphatic hydroxyl groups excluding tert-OH is 1. The van der Waals surface area contributed by atoms with Gasteiger partial charge in [0.2, 0.25) is 11.8 Å². The average Bonchev–Trinajstić information content (AvgIpc) is 2.89. The lowest BCUT2D eigenvalue weighted by atomic mass is 10.1. The highest BCUT2D eigenvalue weighted by atomic mass is 19.1. The maximum Gasteiger partial charge on any atom is 0.227 e. The SMILES string of the molecule is CC[C@H](CO)NC(=O)[C@H]1CC(=O)N(c2ccc(F)c(C)c2)C1. The summed E-state index contributed by atoms with van der Waals surface area (Å²) in [5.41, 5.74) is 1.07. The minimum Gasteiger partial charge on any atom is -0.394 e. The molecule has 2 N–H and O–H groups in total. The summed E-state index contributed by atoms with van der Waals surface area (Å²) >= 11 is 0. The summed E-state index contributed by atoms with van der Waals surface area (Å²) in [5, 5.41) is 11.9. The van der Waals surface area contributed by atoms with Crippen molar-refractivity contribution in [3.63, 3.8) is 0 Å². The molecule has 1 saturated heterocycles. The molecule has 1 fully saturated rings. The van der Waals surface area contributed by atoms with E-state index in [0.717, 1.165) is 0 Å². The van der Waals surface area contributed by atoms with Crippen molar-refractivity contribution < 1.29 is 19.1 Å². The van der Waals surface area contributed by atoms with Crippen LogP contribution >= 0.6 is 0 Å². The Bertz CT molecular complexity index is 573. The molecular weight excluding hydrogens is 287 g/mol. The number of aliphatic hydroxyl groups is 1. The van der Waals surface area contributed by atoms with Crippen molar-refractivity contribution in [3.8, 4) is 0 Å². The van der Waals surface area contributed by atoms with E-state index < -0.39 is 5.92 Å². The second-order valence-electron chi connectivity index (χ2n) is 5.64. The zero-order valence-corrected chi connectivity index (χ0v) is 12.8. The maximum absolute atomic E-state index is 13.3. The van der Waals surface area contributed by atoms with Gasteiger partial charge in [-0.3, -0.25) is 9.59 Å². The highest BCUT2D eigenvalue weighted by molar-refractivity contribution is 6.00. The van der Waals surface area contributed by atoms with E-state index in [1.54, 1.807) is 19.1 Å². The standard InChI is InChI=1S/C16H21FN2O3/c1-3-12(9-20)18-16(22)11-7-15(21)19(8-11)13-4-5-14(17)10(2)6-13/h4-6,11-12,20H,3,7-9H2,1-2H3,(H,18,22)/t11-,12+/m0/s1. The summed E-state index contributed by atoms with van der Waals surface area (Å²) in [7, 11) is 0. The summed E-state index contributed by atoms with van der Waals surface area (Å²) in [6.45, 7) is 3.66. The summed E-state index contributed by atoms with van der Waals surface area (Å²) in [6.07, 6.45) is 0.758. The third kappa shape index (κ3) is 3.44. The zero-order chi connectivity index (χ0) is 16.3. The molecule has 0 spiro atoms. The fourth-order valence-electron chi connectivity index (χ4n) is 2.53. The van der Waals surface area contributed by atoms with Crippen LogP contribution in [0.25, 0.3) is 0 Å². The number of carbonyl (C=O) groups is 2. The predicted octanol–water partition coefficient (Wildman–Crippen LogP) is 1.37. The van der Waals surface area contributed by atoms with Gasteiger partial charge in [0.25, 0.3) is 0 Å². The normalized spacial score (nSPS) is 19.4. The largest absolute Gasteiger partial charge is 0.394 e. The van der Waals surface area contributed by atoms with Crippen LogP contribution < -0.4 is 10.2 Å². The van der Waals surface area contributed by atoms with E-state index in [1.807, 2.05) is 6.92 Å². The Morgan fingerprint density at radius 2 is 2.27 bits per heavy atom.